The summed E-state index contributed by atoms with van der Waals surface area (Å²) >= 11 is 5.68. The fourth-order valence-electron chi connectivity index (χ4n) is 1.72. The largest absolute Gasteiger partial charge is 0.506 e. The minimum absolute atomic E-state index is 0.0526. The first kappa shape index (κ1) is 12.6. The van der Waals surface area contributed by atoms with Gasteiger partial charge in [-0.2, -0.15) is 9.78 Å². The van der Waals surface area contributed by atoms with Gasteiger partial charge in [0.1, 0.15) is 11.4 Å². The fourth-order valence-corrected chi connectivity index (χ4v) is 1.91. The van der Waals surface area contributed by atoms with Crippen molar-refractivity contribution in [3.63, 3.8) is 0 Å². The van der Waals surface area contributed by atoms with Gasteiger partial charge in [0.15, 0.2) is 0 Å². The van der Waals surface area contributed by atoms with Gasteiger partial charge in [-0.15, -0.1) is 11.6 Å². The van der Waals surface area contributed by atoms with Gasteiger partial charge in [0.25, 0.3) is 5.56 Å². The molecular weight excluding hydrogens is 252 g/mol. The van der Waals surface area contributed by atoms with Gasteiger partial charge in [0, 0.05) is 6.07 Å². The monoisotopic (exact) mass is 264 g/mol. The summed E-state index contributed by atoms with van der Waals surface area (Å²) in [6.45, 7) is 3.89. The minimum Gasteiger partial charge on any atom is -0.506 e. The van der Waals surface area contributed by atoms with Crippen LogP contribution in [0.2, 0.25) is 0 Å². The maximum Gasteiger partial charge on any atom is 0.275 e. The number of halogens is 1. The molecule has 18 heavy (non-hydrogen) atoms. The van der Waals surface area contributed by atoms with E-state index < -0.39 is 0 Å². The molecule has 0 bridgehead atoms. The lowest BCUT2D eigenvalue weighted by Gasteiger charge is -2.11. The van der Waals surface area contributed by atoms with Gasteiger partial charge in [-0.3, -0.25) is 4.79 Å². The average Bonchev–Trinajstić information content (AvgIpc) is 2.34. The van der Waals surface area contributed by atoms with Crippen molar-refractivity contribution in [2.45, 2.75) is 19.7 Å². The zero-order chi connectivity index (χ0) is 13.3. The second-order valence-electron chi connectivity index (χ2n) is 4.08. The molecule has 94 valence electrons. The quantitative estimate of drug-likeness (QED) is 0.847. The lowest BCUT2D eigenvalue weighted by molar-refractivity contribution is 0.460. The molecule has 0 aliphatic carbocycles. The van der Waals surface area contributed by atoms with E-state index in [-0.39, 0.29) is 22.9 Å². The van der Waals surface area contributed by atoms with Gasteiger partial charge >= 0.3 is 0 Å². The molecule has 0 aliphatic rings. The first-order valence-corrected chi connectivity index (χ1v) is 6.03. The smallest absolute Gasteiger partial charge is 0.275 e. The standard InChI is InChI=1S/C13H13ClN2O2/c1-8-4-3-5-11(9(8)2)16-13(18)6-12(17)10(7-14)15-16/h3-6,17H,7H2,1-2H3. The first-order valence-electron chi connectivity index (χ1n) is 5.49. The molecule has 0 fully saturated rings. The van der Waals surface area contributed by atoms with Crippen molar-refractivity contribution in [1.29, 1.82) is 0 Å². The van der Waals surface area contributed by atoms with Gasteiger partial charge in [0.2, 0.25) is 0 Å². The molecule has 1 aromatic carbocycles. The molecule has 0 saturated carbocycles. The highest BCUT2D eigenvalue weighted by Crippen LogP contribution is 2.18. The number of hydrogen-bond donors (Lipinski definition) is 1. The predicted octanol–water partition coefficient (Wildman–Crippen LogP) is 2.29. The minimum atomic E-state index is -0.380. The number of alkyl halides is 1. The number of aromatic nitrogens is 2. The topological polar surface area (TPSA) is 55.1 Å². The zero-order valence-corrected chi connectivity index (χ0v) is 10.9. The van der Waals surface area contributed by atoms with Crippen LogP contribution < -0.4 is 5.56 Å². The van der Waals surface area contributed by atoms with Gasteiger partial charge < -0.3 is 5.11 Å². The molecule has 1 aromatic heterocycles. The van der Waals surface area contributed by atoms with Crippen molar-refractivity contribution in [2.75, 3.05) is 0 Å². The molecule has 0 unspecified atom stereocenters. The van der Waals surface area contributed by atoms with Crippen LogP contribution >= 0.6 is 11.6 Å². The maximum atomic E-state index is 11.9. The summed E-state index contributed by atoms with van der Waals surface area (Å²) in [5.41, 5.74) is 2.65. The number of benzene rings is 1. The summed E-state index contributed by atoms with van der Waals surface area (Å²) in [6.07, 6.45) is 0. The lowest BCUT2D eigenvalue weighted by atomic mass is 10.1. The molecule has 0 radical (unpaired) electrons. The van der Waals surface area contributed by atoms with Gasteiger partial charge in [-0.05, 0) is 31.0 Å². The van der Waals surface area contributed by atoms with Crippen LogP contribution in [0.1, 0.15) is 16.8 Å². The molecule has 0 spiro atoms. The van der Waals surface area contributed by atoms with Crippen LogP contribution in [0, 0.1) is 13.8 Å². The van der Waals surface area contributed by atoms with E-state index in [1.807, 2.05) is 32.0 Å². The van der Waals surface area contributed by atoms with E-state index in [0.717, 1.165) is 17.2 Å². The van der Waals surface area contributed by atoms with Crippen LogP contribution in [0.3, 0.4) is 0 Å². The molecule has 0 aliphatic heterocycles. The third-order valence-electron chi connectivity index (χ3n) is 2.92. The van der Waals surface area contributed by atoms with E-state index >= 15 is 0 Å². The Hall–Kier alpha value is -1.81. The summed E-state index contributed by atoms with van der Waals surface area (Å²) in [5, 5.41) is 13.6. The Morgan fingerprint density at radius 3 is 2.78 bits per heavy atom. The summed E-state index contributed by atoms with van der Waals surface area (Å²) in [7, 11) is 0. The highest BCUT2D eigenvalue weighted by atomic mass is 35.5. The van der Waals surface area contributed by atoms with Crippen molar-refractivity contribution < 1.29 is 5.11 Å². The Kier molecular flexibility index (Phi) is 3.39. The molecule has 0 saturated heterocycles. The Bertz CT molecular complexity index is 650. The molecule has 5 heteroatoms. The van der Waals surface area contributed by atoms with Crippen LogP contribution in [-0.4, -0.2) is 14.9 Å². The van der Waals surface area contributed by atoms with Crippen molar-refractivity contribution in [2.24, 2.45) is 0 Å². The molecule has 1 N–H and O–H groups in total. The molecule has 2 aromatic rings. The number of aryl methyl sites for hydroxylation is 1. The maximum absolute atomic E-state index is 11.9. The van der Waals surface area contributed by atoms with Crippen LogP contribution in [0.4, 0.5) is 0 Å². The van der Waals surface area contributed by atoms with E-state index in [1.165, 1.54) is 4.68 Å². The molecule has 2 rings (SSSR count). The van der Waals surface area contributed by atoms with E-state index in [1.54, 1.807) is 0 Å². The second kappa shape index (κ2) is 4.82. The predicted molar refractivity (Wildman–Crippen MR) is 70.5 cm³/mol. The number of rotatable bonds is 2. The van der Waals surface area contributed by atoms with Gasteiger partial charge in [0.05, 0.1) is 11.6 Å². The van der Waals surface area contributed by atoms with Crippen LogP contribution in [0.25, 0.3) is 5.69 Å². The van der Waals surface area contributed by atoms with Crippen molar-refractivity contribution in [1.82, 2.24) is 9.78 Å². The number of hydrogen-bond acceptors (Lipinski definition) is 3. The van der Waals surface area contributed by atoms with Gasteiger partial charge in [-0.25, -0.2) is 0 Å². The first-order chi connectivity index (χ1) is 8.54. The lowest BCUT2D eigenvalue weighted by Crippen LogP contribution is -2.22. The van der Waals surface area contributed by atoms with Crippen molar-refractivity contribution in [3.05, 3.63) is 51.4 Å². The summed E-state index contributed by atoms with van der Waals surface area (Å²) in [4.78, 5) is 11.9. The molecule has 0 amide bonds. The second-order valence-corrected chi connectivity index (χ2v) is 4.35. The SMILES string of the molecule is Cc1cccc(-n2nc(CCl)c(O)cc2=O)c1C. The third-order valence-corrected chi connectivity index (χ3v) is 3.17. The summed E-state index contributed by atoms with van der Waals surface area (Å²) in [5.74, 6) is -0.117. The van der Waals surface area contributed by atoms with Gasteiger partial charge in [-0.1, -0.05) is 12.1 Å². The molecular formula is C13H13ClN2O2. The van der Waals surface area contributed by atoms with E-state index in [2.05, 4.69) is 5.10 Å². The Morgan fingerprint density at radius 1 is 1.39 bits per heavy atom. The van der Waals surface area contributed by atoms with E-state index in [0.29, 0.717) is 5.69 Å². The highest BCUT2D eigenvalue weighted by molar-refractivity contribution is 6.17. The molecule has 4 nitrogen and oxygen atoms in total. The Labute approximate surface area is 109 Å². The van der Waals surface area contributed by atoms with E-state index in [4.69, 9.17) is 11.6 Å². The normalized spacial score (nSPS) is 10.6. The van der Waals surface area contributed by atoms with Crippen molar-refractivity contribution in [3.8, 4) is 11.4 Å². The molecule has 1 heterocycles. The number of nitrogens with zero attached hydrogens (tertiary/aromatic N) is 2. The average molecular weight is 265 g/mol. The third kappa shape index (κ3) is 2.11. The zero-order valence-electron chi connectivity index (χ0n) is 10.1. The summed E-state index contributed by atoms with van der Waals surface area (Å²) < 4.78 is 1.26. The van der Waals surface area contributed by atoms with Crippen LogP contribution in [-0.2, 0) is 5.88 Å². The fraction of sp³-hybridized carbons (Fsp3) is 0.231. The van der Waals surface area contributed by atoms with E-state index in [9.17, 15) is 9.90 Å². The summed E-state index contributed by atoms with van der Waals surface area (Å²) in [6, 6.07) is 6.77. The Balaban J connectivity index is 2.71. The number of aromatic hydroxyl groups is 1. The van der Waals surface area contributed by atoms with Crippen LogP contribution in [0.15, 0.2) is 29.1 Å². The Morgan fingerprint density at radius 2 is 2.11 bits per heavy atom. The van der Waals surface area contributed by atoms with Crippen molar-refractivity contribution >= 4 is 11.6 Å². The highest BCUT2D eigenvalue weighted by Gasteiger charge is 2.10. The van der Waals surface area contributed by atoms with Crippen LogP contribution in [0.5, 0.6) is 5.75 Å². The molecule has 0 atom stereocenters.